The number of rotatable bonds is 1. The van der Waals surface area contributed by atoms with Crippen molar-refractivity contribution < 1.29 is 9.21 Å². The highest BCUT2D eigenvalue weighted by atomic mass is 79.9. The number of hydrogen-bond donors (Lipinski definition) is 1. The van der Waals surface area contributed by atoms with Crippen LogP contribution in [0.4, 0.5) is 0 Å². The molecule has 18 heavy (non-hydrogen) atoms. The van der Waals surface area contributed by atoms with Gasteiger partial charge in [0.25, 0.3) is 5.91 Å². The van der Waals surface area contributed by atoms with Gasteiger partial charge in [0.05, 0.1) is 0 Å². The fourth-order valence-corrected chi connectivity index (χ4v) is 2.47. The first-order valence-electron chi connectivity index (χ1n) is 5.92. The Bertz CT molecular complexity index is 453. The molecule has 2 rings (SSSR count). The molecule has 1 fully saturated rings. The molecular weight excluding hydrogens is 316 g/mol. The fourth-order valence-electron chi connectivity index (χ4n) is 1.89. The maximum Gasteiger partial charge on any atom is 0.293 e. The molecule has 0 bridgehead atoms. The van der Waals surface area contributed by atoms with Crippen LogP contribution in [0, 0.1) is 5.92 Å². The van der Waals surface area contributed by atoms with Gasteiger partial charge in [-0.25, -0.2) is 0 Å². The Labute approximate surface area is 120 Å². The van der Waals surface area contributed by atoms with Crippen LogP contribution in [0.25, 0.3) is 0 Å². The zero-order valence-corrected chi connectivity index (χ0v) is 12.5. The number of carbonyl (C=O) groups is 1. The Morgan fingerprint density at radius 2 is 2.17 bits per heavy atom. The van der Waals surface area contributed by atoms with Gasteiger partial charge in [0.1, 0.15) is 0 Å². The van der Waals surface area contributed by atoms with E-state index in [1.165, 1.54) is 0 Å². The smallest absolute Gasteiger partial charge is 0.293 e. The minimum atomic E-state index is -0.302. The van der Waals surface area contributed by atoms with E-state index in [0.29, 0.717) is 9.78 Å². The molecule has 1 aromatic heterocycles. The lowest BCUT2D eigenvalue weighted by Gasteiger charge is -2.31. The van der Waals surface area contributed by atoms with Crippen LogP contribution in [0.3, 0.4) is 0 Å². The van der Waals surface area contributed by atoms with Crippen LogP contribution in [0.5, 0.6) is 0 Å². The van der Waals surface area contributed by atoms with Gasteiger partial charge in [-0.3, -0.25) is 10.1 Å². The fraction of sp³-hybridized carbons (Fsp3) is 0.500. The molecule has 1 aliphatic rings. The summed E-state index contributed by atoms with van der Waals surface area (Å²) in [6, 6.07) is 3.29. The Morgan fingerprint density at radius 3 is 2.72 bits per heavy atom. The number of likely N-dealkylation sites (tertiary alicyclic amines) is 1. The number of nitrogens with one attached hydrogen (secondary N) is 1. The number of nitrogens with zero attached hydrogens (tertiary/aromatic N) is 1. The SMILES string of the molecule is CC1CCN(C(=S)NC(=O)c2ccc(Br)o2)CC1. The summed E-state index contributed by atoms with van der Waals surface area (Å²) in [4.78, 5) is 13.9. The maximum absolute atomic E-state index is 11.8. The van der Waals surface area contributed by atoms with E-state index in [-0.39, 0.29) is 11.7 Å². The summed E-state index contributed by atoms with van der Waals surface area (Å²) in [6.07, 6.45) is 2.23. The molecule has 0 atom stereocenters. The molecule has 1 amide bonds. The number of carbonyl (C=O) groups excluding carboxylic acids is 1. The summed E-state index contributed by atoms with van der Waals surface area (Å²) in [5.41, 5.74) is 0. The molecule has 0 saturated carbocycles. The molecule has 1 aliphatic heterocycles. The first-order chi connectivity index (χ1) is 8.56. The van der Waals surface area contributed by atoms with E-state index in [2.05, 4.69) is 28.2 Å². The van der Waals surface area contributed by atoms with Crippen molar-refractivity contribution in [2.24, 2.45) is 5.92 Å². The molecular formula is C12H15BrN2O2S. The number of halogens is 1. The van der Waals surface area contributed by atoms with Crippen LogP contribution in [0.2, 0.25) is 0 Å². The minimum Gasteiger partial charge on any atom is -0.444 e. The predicted octanol–water partition coefficient (Wildman–Crippen LogP) is 2.79. The van der Waals surface area contributed by atoms with Gasteiger partial charge in [-0.1, -0.05) is 6.92 Å². The van der Waals surface area contributed by atoms with E-state index < -0.39 is 0 Å². The summed E-state index contributed by atoms with van der Waals surface area (Å²) in [6.45, 7) is 4.05. The van der Waals surface area contributed by atoms with Crippen molar-refractivity contribution in [3.63, 3.8) is 0 Å². The Balaban J connectivity index is 1.89. The lowest BCUT2D eigenvalue weighted by Crippen LogP contribution is -2.46. The van der Waals surface area contributed by atoms with Crippen molar-refractivity contribution in [3.8, 4) is 0 Å². The number of thiocarbonyl (C=S) groups is 1. The van der Waals surface area contributed by atoms with Gasteiger partial charge in [0.15, 0.2) is 15.5 Å². The van der Waals surface area contributed by atoms with E-state index in [1.54, 1.807) is 12.1 Å². The Morgan fingerprint density at radius 1 is 1.50 bits per heavy atom. The van der Waals surface area contributed by atoms with Crippen molar-refractivity contribution in [1.29, 1.82) is 0 Å². The largest absolute Gasteiger partial charge is 0.444 e. The molecule has 1 aromatic rings. The van der Waals surface area contributed by atoms with Gasteiger partial charge in [0.2, 0.25) is 0 Å². The number of furan rings is 1. The number of hydrogen-bond acceptors (Lipinski definition) is 3. The highest BCUT2D eigenvalue weighted by Crippen LogP contribution is 2.17. The van der Waals surface area contributed by atoms with Gasteiger partial charge < -0.3 is 9.32 Å². The summed E-state index contributed by atoms with van der Waals surface area (Å²) in [5, 5.41) is 3.18. The van der Waals surface area contributed by atoms with Gasteiger partial charge in [-0.15, -0.1) is 0 Å². The highest BCUT2D eigenvalue weighted by Gasteiger charge is 2.20. The zero-order chi connectivity index (χ0) is 13.1. The molecule has 98 valence electrons. The van der Waals surface area contributed by atoms with E-state index in [0.717, 1.165) is 31.8 Å². The lowest BCUT2D eigenvalue weighted by atomic mass is 10.00. The minimum absolute atomic E-state index is 0.259. The first-order valence-corrected chi connectivity index (χ1v) is 7.12. The van der Waals surface area contributed by atoms with Gasteiger partial charge in [0, 0.05) is 13.1 Å². The van der Waals surface area contributed by atoms with Crippen molar-refractivity contribution in [2.45, 2.75) is 19.8 Å². The van der Waals surface area contributed by atoms with Crippen LogP contribution < -0.4 is 5.32 Å². The third-order valence-corrected chi connectivity index (χ3v) is 3.87. The van der Waals surface area contributed by atoms with E-state index in [4.69, 9.17) is 16.6 Å². The monoisotopic (exact) mass is 330 g/mol. The summed E-state index contributed by atoms with van der Waals surface area (Å²) in [7, 11) is 0. The van der Waals surface area contributed by atoms with Crippen molar-refractivity contribution >= 4 is 39.2 Å². The second kappa shape index (κ2) is 5.84. The van der Waals surface area contributed by atoms with Crippen molar-refractivity contribution in [3.05, 3.63) is 22.6 Å². The molecule has 1 saturated heterocycles. The van der Waals surface area contributed by atoms with Crippen LogP contribution in [0.15, 0.2) is 21.2 Å². The predicted molar refractivity (Wildman–Crippen MR) is 76.4 cm³/mol. The third kappa shape index (κ3) is 3.32. The molecule has 0 radical (unpaired) electrons. The van der Waals surface area contributed by atoms with E-state index in [9.17, 15) is 4.79 Å². The first kappa shape index (κ1) is 13.5. The molecule has 4 nitrogen and oxygen atoms in total. The van der Waals surface area contributed by atoms with Gasteiger partial charge in [-0.2, -0.15) is 0 Å². The second-order valence-electron chi connectivity index (χ2n) is 4.53. The third-order valence-electron chi connectivity index (χ3n) is 3.09. The second-order valence-corrected chi connectivity index (χ2v) is 5.70. The van der Waals surface area contributed by atoms with Gasteiger partial charge in [-0.05, 0) is 59.0 Å². The van der Waals surface area contributed by atoms with Gasteiger partial charge >= 0.3 is 0 Å². The topological polar surface area (TPSA) is 45.5 Å². The van der Waals surface area contributed by atoms with E-state index in [1.807, 2.05) is 4.90 Å². The number of piperidine rings is 1. The summed E-state index contributed by atoms with van der Waals surface area (Å²) < 4.78 is 5.71. The van der Waals surface area contributed by atoms with Crippen LogP contribution in [-0.2, 0) is 0 Å². The quantitative estimate of drug-likeness (QED) is 0.804. The molecule has 2 heterocycles. The Kier molecular flexibility index (Phi) is 4.40. The summed E-state index contributed by atoms with van der Waals surface area (Å²) >= 11 is 8.40. The average molecular weight is 331 g/mol. The molecule has 6 heteroatoms. The molecule has 1 N–H and O–H groups in total. The van der Waals surface area contributed by atoms with E-state index >= 15 is 0 Å². The maximum atomic E-state index is 11.8. The normalized spacial score (nSPS) is 16.7. The average Bonchev–Trinajstić information content (AvgIpc) is 2.76. The Hall–Kier alpha value is -0.880. The van der Waals surface area contributed by atoms with Crippen LogP contribution >= 0.6 is 28.1 Å². The number of amides is 1. The zero-order valence-electron chi connectivity index (χ0n) is 10.1. The molecule has 0 spiro atoms. The highest BCUT2D eigenvalue weighted by molar-refractivity contribution is 9.10. The van der Waals surface area contributed by atoms with Crippen molar-refractivity contribution in [2.75, 3.05) is 13.1 Å². The lowest BCUT2D eigenvalue weighted by molar-refractivity contribution is 0.0943. The molecule has 0 aromatic carbocycles. The molecule has 0 aliphatic carbocycles. The van der Waals surface area contributed by atoms with Crippen LogP contribution in [-0.4, -0.2) is 29.0 Å². The standard InChI is InChI=1S/C12H15BrN2O2S/c1-8-4-6-15(7-5-8)12(18)14-11(16)9-2-3-10(13)17-9/h2-3,8H,4-7H2,1H3,(H,14,16,18). The van der Waals surface area contributed by atoms with Crippen molar-refractivity contribution in [1.82, 2.24) is 10.2 Å². The van der Waals surface area contributed by atoms with Crippen LogP contribution in [0.1, 0.15) is 30.3 Å². The molecule has 0 unspecified atom stereocenters. The summed E-state index contributed by atoms with van der Waals surface area (Å²) in [5.74, 6) is 0.694.